The van der Waals surface area contributed by atoms with Crippen molar-refractivity contribution < 1.29 is 17.9 Å². The highest BCUT2D eigenvalue weighted by molar-refractivity contribution is 7.90. The van der Waals surface area contributed by atoms with E-state index in [-0.39, 0.29) is 29.2 Å². The van der Waals surface area contributed by atoms with Gasteiger partial charge in [0.15, 0.2) is 15.0 Å². The Labute approximate surface area is 188 Å². The minimum atomic E-state index is -3.32. The Bertz CT molecular complexity index is 1330. The van der Waals surface area contributed by atoms with Gasteiger partial charge in [0.25, 0.3) is 5.56 Å². The minimum Gasteiger partial charge on any atom is -0.378 e. The van der Waals surface area contributed by atoms with Gasteiger partial charge in [-0.3, -0.25) is 14.6 Å². The van der Waals surface area contributed by atoms with Crippen molar-refractivity contribution in [3.8, 4) is 0 Å². The number of thiazole rings is 1. The molecule has 0 radical (unpaired) electrons. The molecule has 12 heteroatoms. The molecule has 170 valence electrons. The van der Waals surface area contributed by atoms with Gasteiger partial charge in [0, 0.05) is 37.0 Å². The average molecular weight is 478 g/mol. The molecule has 0 unspecified atom stereocenters. The SMILES string of the molecule is Cc1nc(N2CCOCC2)[nH]c(=O)c1CCC(=O)Nc1nc2ccc(S(C)(=O)=O)cc2s1. The molecule has 2 N–H and O–H groups in total. The van der Waals surface area contributed by atoms with Gasteiger partial charge in [0.05, 0.1) is 28.3 Å². The number of hydrogen-bond donors (Lipinski definition) is 2. The number of ether oxygens (including phenoxy) is 1. The number of aryl methyl sites for hydroxylation is 1. The van der Waals surface area contributed by atoms with Crippen molar-refractivity contribution in [2.24, 2.45) is 0 Å². The van der Waals surface area contributed by atoms with Gasteiger partial charge in [-0.05, 0) is 31.5 Å². The topological polar surface area (TPSA) is 134 Å². The number of fused-ring (bicyclic) bond motifs is 1. The molecule has 0 bridgehead atoms. The van der Waals surface area contributed by atoms with E-state index in [9.17, 15) is 18.0 Å². The molecule has 2 aromatic heterocycles. The second kappa shape index (κ2) is 8.96. The maximum Gasteiger partial charge on any atom is 0.255 e. The van der Waals surface area contributed by atoms with Crippen LogP contribution >= 0.6 is 11.3 Å². The number of aromatic nitrogens is 3. The van der Waals surface area contributed by atoms with Gasteiger partial charge in [-0.25, -0.2) is 18.4 Å². The first-order valence-corrected chi connectivity index (χ1v) is 12.7. The number of H-pyrrole nitrogens is 1. The predicted molar refractivity (Wildman–Crippen MR) is 122 cm³/mol. The van der Waals surface area contributed by atoms with Gasteiger partial charge in [-0.2, -0.15) is 0 Å². The summed E-state index contributed by atoms with van der Waals surface area (Å²) >= 11 is 1.20. The highest BCUT2D eigenvalue weighted by atomic mass is 32.2. The van der Waals surface area contributed by atoms with Gasteiger partial charge in [0.1, 0.15) is 0 Å². The number of carbonyl (C=O) groups is 1. The molecule has 1 aliphatic rings. The molecule has 4 rings (SSSR count). The molecule has 3 aromatic rings. The molecule has 0 atom stereocenters. The number of benzene rings is 1. The Kier molecular flexibility index (Phi) is 6.26. The second-order valence-electron chi connectivity index (χ2n) is 7.52. The van der Waals surface area contributed by atoms with Crippen LogP contribution in [0.2, 0.25) is 0 Å². The molecule has 0 spiro atoms. The van der Waals surface area contributed by atoms with Gasteiger partial charge in [-0.1, -0.05) is 11.3 Å². The smallest absolute Gasteiger partial charge is 0.255 e. The van der Waals surface area contributed by atoms with Crippen molar-refractivity contribution in [2.45, 2.75) is 24.7 Å². The molecular formula is C20H23N5O5S2. The summed E-state index contributed by atoms with van der Waals surface area (Å²) in [5, 5.41) is 3.10. The van der Waals surface area contributed by atoms with Crippen molar-refractivity contribution in [3.63, 3.8) is 0 Å². The summed E-state index contributed by atoms with van der Waals surface area (Å²) in [5.41, 5.74) is 1.42. The van der Waals surface area contributed by atoms with Crippen LogP contribution in [0.25, 0.3) is 10.2 Å². The summed E-state index contributed by atoms with van der Waals surface area (Å²) in [7, 11) is -3.32. The average Bonchev–Trinajstić information content (AvgIpc) is 3.14. The zero-order valence-corrected chi connectivity index (χ0v) is 19.3. The first-order chi connectivity index (χ1) is 15.2. The zero-order valence-electron chi connectivity index (χ0n) is 17.7. The Hall–Kier alpha value is -2.83. The van der Waals surface area contributed by atoms with Crippen LogP contribution in [0.5, 0.6) is 0 Å². The number of rotatable bonds is 6. The second-order valence-corrected chi connectivity index (χ2v) is 10.6. The van der Waals surface area contributed by atoms with Gasteiger partial charge in [-0.15, -0.1) is 0 Å². The Morgan fingerprint density at radius 2 is 2.03 bits per heavy atom. The maximum absolute atomic E-state index is 12.6. The van der Waals surface area contributed by atoms with E-state index in [0.717, 1.165) is 6.26 Å². The first-order valence-electron chi connectivity index (χ1n) is 10.0. The molecular weight excluding hydrogens is 454 g/mol. The summed E-state index contributed by atoms with van der Waals surface area (Å²) in [5.74, 6) is 0.232. The van der Waals surface area contributed by atoms with Crippen molar-refractivity contribution in [1.82, 2.24) is 15.0 Å². The van der Waals surface area contributed by atoms with E-state index in [1.807, 2.05) is 4.90 Å². The van der Waals surface area contributed by atoms with E-state index in [4.69, 9.17) is 4.74 Å². The molecule has 1 saturated heterocycles. The summed E-state index contributed by atoms with van der Waals surface area (Å²) in [6.45, 7) is 4.27. The van der Waals surface area contributed by atoms with Gasteiger partial charge < -0.3 is 15.0 Å². The fourth-order valence-electron chi connectivity index (χ4n) is 3.42. The van der Waals surface area contributed by atoms with Crippen LogP contribution in [0.1, 0.15) is 17.7 Å². The van der Waals surface area contributed by atoms with Crippen LogP contribution < -0.4 is 15.8 Å². The lowest BCUT2D eigenvalue weighted by atomic mass is 10.1. The number of amides is 1. The fourth-order valence-corrected chi connectivity index (χ4v) is 5.07. The monoisotopic (exact) mass is 477 g/mol. The molecule has 32 heavy (non-hydrogen) atoms. The molecule has 1 aromatic carbocycles. The van der Waals surface area contributed by atoms with Gasteiger partial charge in [0.2, 0.25) is 11.9 Å². The van der Waals surface area contributed by atoms with Crippen LogP contribution in [0.15, 0.2) is 27.9 Å². The summed E-state index contributed by atoms with van der Waals surface area (Å²) in [4.78, 5) is 38.8. The maximum atomic E-state index is 12.6. The predicted octanol–water partition coefficient (Wildman–Crippen LogP) is 1.50. The molecule has 1 fully saturated rings. The van der Waals surface area contributed by atoms with E-state index >= 15 is 0 Å². The molecule has 0 aliphatic carbocycles. The summed E-state index contributed by atoms with van der Waals surface area (Å²) < 4.78 is 29.4. The highest BCUT2D eigenvalue weighted by Crippen LogP contribution is 2.28. The number of sulfone groups is 1. The molecule has 0 saturated carbocycles. The summed E-state index contributed by atoms with van der Waals surface area (Å²) in [6.07, 6.45) is 1.48. The number of nitrogens with zero attached hydrogens (tertiary/aromatic N) is 3. The number of anilines is 2. The minimum absolute atomic E-state index is 0.0903. The van der Waals surface area contributed by atoms with Gasteiger partial charge >= 0.3 is 0 Å². The Balaban J connectivity index is 1.42. The van der Waals surface area contributed by atoms with E-state index < -0.39 is 9.84 Å². The molecule has 1 amide bonds. The lowest BCUT2D eigenvalue weighted by Gasteiger charge is -2.27. The van der Waals surface area contributed by atoms with E-state index in [1.165, 1.54) is 17.4 Å². The van der Waals surface area contributed by atoms with Crippen LogP contribution in [0.4, 0.5) is 11.1 Å². The van der Waals surface area contributed by atoms with Crippen LogP contribution in [0, 0.1) is 6.92 Å². The molecule has 3 heterocycles. The lowest BCUT2D eigenvalue weighted by Crippen LogP contribution is -2.38. The number of aromatic amines is 1. The lowest BCUT2D eigenvalue weighted by molar-refractivity contribution is -0.116. The van der Waals surface area contributed by atoms with Crippen molar-refractivity contribution >= 4 is 48.4 Å². The van der Waals surface area contributed by atoms with E-state index in [1.54, 1.807) is 19.1 Å². The quantitative estimate of drug-likeness (QED) is 0.545. The number of hydrogen-bond acceptors (Lipinski definition) is 9. The molecule has 10 nitrogen and oxygen atoms in total. The Morgan fingerprint density at radius 1 is 1.28 bits per heavy atom. The van der Waals surface area contributed by atoms with Crippen LogP contribution in [-0.2, 0) is 25.8 Å². The zero-order chi connectivity index (χ0) is 22.9. The van der Waals surface area contributed by atoms with Crippen molar-refractivity contribution in [1.29, 1.82) is 0 Å². The summed E-state index contributed by atoms with van der Waals surface area (Å²) in [6, 6.07) is 4.65. The number of nitrogens with one attached hydrogen (secondary N) is 2. The normalized spacial score (nSPS) is 14.6. The fraction of sp³-hybridized carbons (Fsp3) is 0.400. The third-order valence-corrected chi connectivity index (χ3v) is 7.20. The van der Waals surface area contributed by atoms with Crippen LogP contribution in [-0.4, -0.2) is 61.8 Å². The van der Waals surface area contributed by atoms with Crippen molar-refractivity contribution in [2.75, 3.05) is 42.8 Å². The third-order valence-electron chi connectivity index (χ3n) is 5.16. The Morgan fingerprint density at radius 3 is 2.72 bits per heavy atom. The van der Waals surface area contributed by atoms with E-state index in [2.05, 4.69) is 20.3 Å². The van der Waals surface area contributed by atoms with Crippen molar-refractivity contribution in [3.05, 3.63) is 39.8 Å². The number of carbonyl (C=O) groups excluding carboxylic acids is 1. The highest BCUT2D eigenvalue weighted by Gasteiger charge is 2.17. The molecule has 1 aliphatic heterocycles. The first kappa shape index (κ1) is 22.4. The number of morpholine rings is 1. The van der Waals surface area contributed by atoms with Crippen LogP contribution in [0.3, 0.4) is 0 Å². The van der Waals surface area contributed by atoms with E-state index in [0.29, 0.717) is 58.9 Å². The standard InChI is InChI=1S/C20H23N5O5S2/c1-12-14(18(27)24-19(21-12)25-7-9-30-10-8-25)4-6-17(26)23-20-22-15-5-3-13(32(2,28)29)11-16(15)31-20/h3,5,11H,4,6-10H2,1-2H3,(H,21,24,27)(H,22,23,26). The largest absolute Gasteiger partial charge is 0.378 e. The third kappa shape index (κ3) is 4.97.